The van der Waals surface area contributed by atoms with E-state index in [4.69, 9.17) is 0 Å². The third-order valence-electron chi connectivity index (χ3n) is 3.54. The van der Waals surface area contributed by atoms with E-state index in [0.717, 1.165) is 25.3 Å². The molecule has 1 N–H and O–H groups in total. The predicted molar refractivity (Wildman–Crippen MR) is 80.5 cm³/mol. The van der Waals surface area contributed by atoms with Crippen molar-refractivity contribution in [2.45, 2.75) is 46.1 Å². The van der Waals surface area contributed by atoms with E-state index in [2.05, 4.69) is 0 Å². The number of nitrogens with zero attached hydrogens (tertiary/aromatic N) is 2. The Kier molecular flexibility index (Phi) is 6.14. The minimum atomic E-state index is -0.596. The Labute approximate surface area is 124 Å². The number of nitro benzene ring substituents is 1. The Morgan fingerprint density at radius 3 is 2.62 bits per heavy atom. The van der Waals surface area contributed by atoms with Crippen LogP contribution in [-0.4, -0.2) is 33.4 Å². The number of benzene rings is 1. The lowest BCUT2D eigenvalue weighted by Crippen LogP contribution is -2.39. The van der Waals surface area contributed by atoms with E-state index >= 15 is 0 Å². The van der Waals surface area contributed by atoms with Crippen molar-refractivity contribution in [3.05, 3.63) is 33.9 Å². The van der Waals surface area contributed by atoms with Gasteiger partial charge in [-0.1, -0.05) is 20.3 Å². The highest BCUT2D eigenvalue weighted by atomic mass is 16.6. The third kappa shape index (κ3) is 4.18. The quantitative estimate of drug-likeness (QED) is 0.617. The molecule has 116 valence electrons. The van der Waals surface area contributed by atoms with Gasteiger partial charge < -0.3 is 10.0 Å². The molecule has 0 radical (unpaired) electrons. The molecule has 0 aliphatic rings. The van der Waals surface area contributed by atoms with E-state index in [1.54, 1.807) is 4.90 Å². The van der Waals surface area contributed by atoms with Gasteiger partial charge >= 0.3 is 0 Å². The van der Waals surface area contributed by atoms with Gasteiger partial charge in [0, 0.05) is 18.7 Å². The zero-order chi connectivity index (χ0) is 16.0. The van der Waals surface area contributed by atoms with E-state index < -0.39 is 10.8 Å². The molecule has 0 saturated heterocycles. The molecular formula is C15H22N2O4. The van der Waals surface area contributed by atoms with Crippen molar-refractivity contribution in [1.29, 1.82) is 0 Å². The summed E-state index contributed by atoms with van der Waals surface area (Å²) in [5.41, 5.74) is -0.334. The lowest BCUT2D eigenvalue weighted by atomic mass is 10.1. The summed E-state index contributed by atoms with van der Waals surface area (Å²) in [6, 6.07) is 3.54. The molecule has 0 aliphatic carbocycles. The van der Waals surface area contributed by atoms with Gasteiger partial charge in [-0.2, -0.15) is 0 Å². The van der Waals surface area contributed by atoms with Crippen molar-refractivity contribution in [1.82, 2.24) is 4.90 Å². The van der Waals surface area contributed by atoms with Gasteiger partial charge in [-0.15, -0.1) is 0 Å². The maximum absolute atomic E-state index is 12.6. The van der Waals surface area contributed by atoms with Gasteiger partial charge in [-0.3, -0.25) is 14.9 Å². The van der Waals surface area contributed by atoms with E-state index in [1.807, 2.05) is 20.8 Å². The molecule has 6 heteroatoms. The fourth-order valence-electron chi connectivity index (χ4n) is 2.08. The normalized spacial score (nSPS) is 12.0. The average Bonchev–Trinajstić information content (AvgIpc) is 2.46. The zero-order valence-electron chi connectivity index (χ0n) is 12.7. The van der Waals surface area contributed by atoms with Crippen LogP contribution < -0.4 is 0 Å². The Bertz CT molecular complexity index is 516. The van der Waals surface area contributed by atoms with Gasteiger partial charge in [-0.25, -0.2) is 0 Å². The summed E-state index contributed by atoms with van der Waals surface area (Å²) in [4.78, 5) is 24.8. The summed E-state index contributed by atoms with van der Waals surface area (Å²) in [5, 5.41) is 20.6. The zero-order valence-corrected chi connectivity index (χ0v) is 12.7. The van der Waals surface area contributed by atoms with Crippen LogP contribution in [0.3, 0.4) is 0 Å². The van der Waals surface area contributed by atoms with Crippen LogP contribution in [0.4, 0.5) is 5.69 Å². The van der Waals surface area contributed by atoms with Crippen LogP contribution in [0.2, 0.25) is 0 Å². The molecule has 0 aliphatic heterocycles. The second kappa shape index (κ2) is 7.61. The van der Waals surface area contributed by atoms with Crippen LogP contribution >= 0.6 is 0 Å². The number of hydrogen-bond acceptors (Lipinski definition) is 4. The number of rotatable bonds is 7. The van der Waals surface area contributed by atoms with Crippen molar-refractivity contribution < 1.29 is 14.8 Å². The molecule has 0 saturated carbocycles. The standard InChI is InChI=1S/C15H22N2O4/c1-4-6-9-16(11(3)5-2)15(19)13-10-12(18)7-8-14(13)17(20)21/h7-8,10-11,18H,4-6,9H2,1-3H3. The second-order valence-electron chi connectivity index (χ2n) is 5.07. The highest BCUT2D eigenvalue weighted by molar-refractivity contribution is 5.98. The topological polar surface area (TPSA) is 83.7 Å². The average molecular weight is 294 g/mol. The summed E-state index contributed by atoms with van der Waals surface area (Å²) in [6.45, 7) is 6.46. The Morgan fingerprint density at radius 1 is 1.43 bits per heavy atom. The highest BCUT2D eigenvalue weighted by Gasteiger charge is 2.27. The first-order chi connectivity index (χ1) is 9.92. The minimum Gasteiger partial charge on any atom is -0.508 e. The van der Waals surface area contributed by atoms with Gasteiger partial charge in [0.15, 0.2) is 0 Å². The molecular weight excluding hydrogens is 272 g/mol. The van der Waals surface area contributed by atoms with Crippen molar-refractivity contribution in [2.75, 3.05) is 6.54 Å². The summed E-state index contributed by atoms with van der Waals surface area (Å²) < 4.78 is 0. The van der Waals surface area contributed by atoms with Crippen molar-refractivity contribution >= 4 is 11.6 Å². The molecule has 1 amide bonds. The largest absolute Gasteiger partial charge is 0.508 e. The molecule has 6 nitrogen and oxygen atoms in total. The third-order valence-corrected chi connectivity index (χ3v) is 3.54. The molecule has 1 aromatic carbocycles. The van der Waals surface area contributed by atoms with Crippen LogP contribution in [-0.2, 0) is 0 Å². The SMILES string of the molecule is CCCCN(C(=O)c1cc(O)ccc1[N+](=O)[O-])C(C)CC. The molecule has 1 aromatic rings. The molecule has 0 heterocycles. The lowest BCUT2D eigenvalue weighted by molar-refractivity contribution is -0.385. The number of amides is 1. The summed E-state index contributed by atoms with van der Waals surface area (Å²) >= 11 is 0. The van der Waals surface area contributed by atoms with Crippen LogP contribution in [0.5, 0.6) is 5.75 Å². The van der Waals surface area contributed by atoms with E-state index in [1.165, 1.54) is 12.1 Å². The number of unbranched alkanes of at least 4 members (excludes halogenated alkanes) is 1. The van der Waals surface area contributed by atoms with Crippen molar-refractivity contribution in [3.63, 3.8) is 0 Å². The van der Waals surface area contributed by atoms with E-state index in [9.17, 15) is 20.0 Å². The highest BCUT2D eigenvalue weighted by Crippen LogP contribution is 2.25. The maximum atomic E-state index is 12.6. The molecule has 1 rings (SSSR count). The minimum absolute atomic E-state index is 0.00833. The molecule has 0 bridgehead atoms. The second-order valence-corrected chi connectivity index (χ2v) is 5.07. The molecule has 0 spiro atoms. The molecule has 1 unspecified atom stereocenters. The van der Waals surface area contributed by atoms with Gasteiger partial charge in [0.05, 0.1) is 4.92 Å². The Balaban J connectivity index is 3.18. The number of carbonyl (C=O) groups is 1. The summed E-state index contributed by atoms with van der Waals surface area (Å²) in [6.07, 6.45) is 2.53. The molecule has 0 fully saturated rings. The Hall–Kier alpha value is -2.11. The number of nitro groups is 1. The monoisotopic (exact) mass is 294 g/mol. The van der Waals surface area contributed by atoms with Crippen LogP contribution in [0.25, 0.3) is 0 Å². The van der Waals surface area contributed by atoms with Gasteiger partial charge in [0.25, 0.3) is 11.6 Å². The Morgan fingerprint density at radius 2 is 2.10 bits per heavy atom. The number of hydrogen-bond donors (Lipinski definition) is 1. The first kappa shape index (κ1) is 16.9. The van der Waals surface area contributed by atoms with E-state index in [-0.39, 0.29) is 23.0 Å². The predicted octanol–water partition coefficient (Wildman–Crippen LogP) is 3.34. The molecule has 1 atom stereocenters. The fourth-order valence-corrected chi connectivity index (χ4v) is 2.08. The van der Waals surface area contributed by atoms with Gasteiger partial charge in [-0.05, 0) is 31.9 Å². The first-order valence-electron chi connectivity index (χ1n) is 7.20. The van der Waals surface area contributed by atoms with Gasteiger partial charge in [0.2, 0.25) is 0 Å². The summed E-state index contributed by atoms with van der Waals surface area (Å²) in [5.74, 6) is -0.552. The van der Waals surface area contributed by atoms with Crippen molar-refractivity contribution in [2.24, 2.45) is 0 Å². The van der Waals surface area contributed by atoms with Crippen molar-refractivity contribution in [3.8, 4) is 5.75 Å². The summed E-state index contributed by atoms with van der Waals surface area (Å²) in [7, 11) is 0. The van der Waals surface area contributed by atoms with Crippen LogP contribution in [0.15, 0.2) is 18.2 Å². The van der Waals surface area contributed by atoms with Crippen LogP contribution in [0.1, 0.15) is 50.4 Å². The van der Waals surface area contributed by atoms with Gasteiger partial charge in [0.1, 0.15) is 11.3 Å². The number of phenolic OH excluding ortho intramolecular Hbond substituents is 1. The van der Waals surface area contributed by atoms with E-state index in [0.29, 0.717) is 6.54 Å². The number of phenols is 1. The maximum Gasteiger partial charge on any atom is 0.282 e. The van der Waals surface area contributed by atoms with Crippen LogP contribution in [0, 0.1) is 10.1 Å². The molecule has 21 heavy (non-hydrogen) atoms. The first-order valence-corrected chi connectivity index (χ1v) is 7.20. The molecule has 0 aromatic heterocycles. The number of carbonyl (C=O) groups excluding carboxylic acids is 1. The number of aromatic hydroxyl groups is 1. The smallest absolute Gasteiger partial charge is 0.282 e. The lowest BCUT2D eigenvalue weighted by Gasteiger charge is -2.28. The fraction of sp³-hybridized carbons (Fsp3) is 0.533.